The number of thiazole rings is 1. The van der Waals surface area contributed by atoms with Crippen LogP contribution >= 0.6 is 35.3 Å². The van der Waals surface area contributed by atoms with Gasteiger partial charge < -0.3 is 25.3 Å². The predicted molar refractivity (Wildman–Crippen MR) is 135 cm³/mol. The van der Waals surface area contributed by atoms with Crippen molar-refractivity contribution in [2.75, 3.05) is 68.7 Å². The average molecular weight is 556 g/mol. The minimum Gasteiger partial charge on any atom is -0.370 e. The summed E-state index contributed by atoms with van der Waals surface area (Å²) in [7, 11) is 0. The van der Waals surface area contributed by atoms with Crippen molar-refractivity contribution in [3.05, 3.63) is 36.0 Å². The number of halogens is 1. The molecule has 11 heteroatoms. The fraction of sp³-hybridized carbons (Fsp3) is 0.500. The first-order chi connectivity index (χ1) is 14.7. The van der Waals surface area contributed by atoms with Crippen LogP contribution in [0.15, 0.2) is 41.0 Å². The number of carbonyl (C=O) groups excluding carboxylic acids is 1. The molecule has 0 aliphatic carbocycles. The van der Waals surface area contributed by atoms with E-state index in [0.717, 1.165) is 50.2 Å². The van der Waals surface area contributed by atoms with Gasteiger partial charge in [0.15, 0.2) is 11.1 Å². The molecular weight excluding hydrogens is 527 g/mol. The molecule has 9 nitrogen and oxygen atoms in total. The second-order valence-corrected chi connectivity index (χ2v) is 8.21. The zero-order chi connectivity index (χ0) is 20.8. The van der Waals surface area contributed by atoms with Crippen molar-refractivity contribution in [2.24, 2.45) is 10.7 Å². The van der Waals surface area contributed by atoms with Gasteiger partial charge in [0.25, 0.3) is 0 Å². The summed E-state index contributed by atoms with van der Waals surface area (Å²) < 4.78 is 0. The number of guanidine groups is 1. The zero-order valence-electron chi connectivity index (χ0n) is 17.5. The fourth-order valence-electron chi connectivity index (χ4n) is 3.75. The lowest BCUT2D eigenvalue weighted by atomic mass is 10.2. The molecule has 0 atom stereocenters. The summed E-state index contributed by atoms with van der Waals surface area (Å²) in [6.45, 7) is 6.86. The van der Waals surface area contributed by atoms with E-state index < -0.39 is 0 Å². The highest BCUT2D eigenvalue weighted by atomic mass is 127. The molecule has 2 aromatic heterocycles. The number of piperazine rings is 2. The largest absolute Gasteiger partial charge is 0.370 e. The molecule has 2 saturated heterocycles. The van der Waals surface area contributed by atoms with Crippen molar-refractivity contribution in [2.45, 2.75) is 6.42 Å². The summed E-state index contributed by atoms with van der Waals surface area (Å²) in [5.74, 6) is 1.64. The number of anilines is 2. The Morgan fingerprint density at radius 1 is 0.968 bits per heavy atom. The van der Waals surface area contributed by atoms with Gasteiger partial charge in [-0.25, -0.2) is 9.97 Å². The molecule has 2 fully saturated rings. The first-order valence-electron chi connectivity index (χ1n) is 10.3. The van der Waals surface area contributed by atoms with Crippen molar-refractivity contribution in [1.82, 2.24) is 19.8 Å². The van der Waals surface area contributed by atoms with Gasteiger partial charge in [0.1, 0.15) is 5.82 Å². The Bertz CT molecular complexity index is 834. The molecule has 2 aliphatic heterocycles. The molecular formula is C20H29IN8OS. The van der Waals surface area contributed by atoms with E-state index in [4.69, 9.17) is 5.73 Å². The van der Waals surface area contributed by atoms with Gasteiger partial charge in [-0.15, -0.1) is 35.3 Å². The Hall–Kier alpha value is -2.15. The van der Waals surface area contributed by atoms with Gasteiger partial charge in [-0.05, 0) is 12.1 Å². The number of carbonyl (C=O) groups is 1. The molecule has 31 heavy (non-hydrogen) atoms. The van der Waals surface area contributed by atoms with E-state index in [2.05, 4.69) is 29.7 Å². The van der Waals surface area contributed by atoms with Crippen LogP contribution in [0, 0.1) is 0 Å². The first kappa shape index (κ1) is 23.5. The zero-order valence-corrected chi connectivity index (χ0v) is 20.6. The number of aliphatic imine (C=N–C) groups is 1. The Morgan fingerprint density at radius 2 is 1.68 bits per heavy atom. The first-order valence-corrected chi connectivity index (χ1v) is 11.2. The summed E-state index contributed by atoms with van der Waals surface area (Å²) in [4.78, 5) is 34.2. The fourth-order valence-corrected chi connectivity index (χ4v) is 4.45. The third-order valence-corrected chi connectivity index (χ3v) is 6.33. The van der Waals surface area contributed by atoms with Crippen LogP contribution in [0.1, 0.15) is 6.42 Å². The minimum absolute atomic E-state index is 0. The van der Waals surface area contributed by atoms with Crippen molar-refractivity contribution in [3.63, 3.8) is 0 Å². The number of aromatic nitrogens is 2. The van der Waals surface area contributed by atoms with Gasteiger partial charge in [-0.2, -0.15) is 0 Å². The monoisotopic (exact) mass is 556 g/mol. The van der Waals surface area contributed by atoms with E-state index in [-0.39, 0.29) is 29.9 Å². The SMILES string of the molecule is I.NC(=NCCC(=O)N1CCN(c2ccccn2)CC1)N1CCN(c2nccs2)CC1. The molecule has 1 amide bonds. The lowest BCUT2D eigenvalue weighted by Gasteiger charge is -2.35. The van der Waals surface area contributed by atoms with Crippen LogP contribution < -0.4 is 15.5 Å². The highest BCUT2D eigenvalue weighted by molar-refractivity contribution is 14.0. The number of rotatable bonds is 5. The van der Waals surface area contributed by atoms with E-state index in [9.17, 15) is 4.79 Å². The summed E-state index contributed by atoms with van der Waals surface area (Å²) >= 11 is 1.65. The Morgan fingerprint density at radius 3 is 2.32 bits per heavy atom. The Kier molecular flexibility index (Phi) is 8.69. The molecule has 4 rings (SSSR count). The van der Waals surface area contributed by atoms with Gasteiger partial charge in [-0.3, -0.25) is 9.79 Å². The van der Waals surface area contributed by atoms with Gasteiger partial charge in [0.05, 0.1) is 6.54 Å². The molecule has 2 aliphatic rings. The molecule has 0 aromatic carbocycles. The molecule has 2 aromatic rings. The van der Waals surface area contributed by atoms with E-state index in [1.54, 1.807) is 17.5 Å². The number of amides is 1. The van der Waals surface area contributed by atoms with Crippen molar-refractivity contribution in [1.29, 1.82) is 0 Å². The maximum Gasteiger partial charge on any atom is 0.224 e. The van der Waals surface area contributed by atoms with Crippen LogP contribution in [0.4, 0.5) is 10.9 Å². The number of pyridine rings is 1. The van der Waals surface area contributed by atoms with Gasteiger partial charge in [-0.1, -0.05) is 6.07 Å². The quantitative estimate of drug-likeness (QED) is 0.338. The van der Waals surface area contributed by atoms with Crippen LogP contribution in [-0.4, -0.2) is 90.5 Å². The predicted octanol–water partition coefficient (Wildman–Crippen LogP) is 1.33. The molecule has 0 spiro atoms. The lowest BCUT2D eigenvalue weighted by Crippen LogP contribution is -2.51. The number of nitrogens with zero attached hydrogens (tertiary/aromatic N) is 7. The highest BCUT2D eigenvalue weighted by Crippen LogP contribution is 2.18. The maximum absolute atomic E-state index is 12.5. The minimum atomic E-state index is 0. The van der Waals surface area contributed by atoms with E-state index in [1.807, 2.05) is 34.7 Å². The van der Waals surface area contributed by atoms with Gasteiger partial charge in [0.2, 0.25) is 5.91 Å². The Labute approximate surface area is 204 Å². The van der Waals surface area contributed by atoms with Crippen molar-refractivity contribution in [3.8, 4) is 0 Å². The summed E-state index contributed by atoms with van der Waals surface area (Å²) in [6, 6.07) is 5.91. The van der Waals surface area contributed by atoms with Gasteiger partial charge >= 0.3 is 0 Å². The molecule has 0 radical (unpaired) electrons. The third kappa shape index (κ3) is 6.19. The second kappa shape index (κ2) is 11.5. The average Bonchev–Trinajstić information content (AvgIpc) is 3.35. The molecule has 168 valence electrons. The standard InChI is InChI=1S/C20H28N8OS.HI/c21-19(27-12-14-28(15-13-27)20-24-7-16-30-20)23-6-4-18(29)26-10-8-25(9-11-26)17-3-1-2-5-22-17;/h1-3,5,7,16H,4,6,8-15H2,(H2,21,23);1H. The third-order valence-electron chi connectivity index (χ3n) is 5.50. The number of nitrogens with two attached hydrogens (primary N) is 1. The van der Waals surface area contributed by atoms with Crippen molar-refractivity contribution < 1.29 is 4.79 Å². The Balaban J connectivity index is 0.00000272. The molecule has 0 unspecified atom stereocenters. The van der Waals surface area contributed by atoms with Crippen LogP contribution in [0.2, 0.25) is 0 Å². The topological polar surface area (TPSA) is 94.2 Å². The van der Waals surface area contributed by atoms with Crippen LogP contribution in [0.5, 0.6) is 0 Å². The smallest absolute Gasteiger partial charge is 0.224 e. The van der Waals surface area contributed by atoms with E-state index >= 15 is 0 Å². The lowest BCUT2D eigenvalue weighted by molar-refractivity contribution is -0.131. The number of hydrogen-bond acceptors (Lipinski definition) is 7. The normalized spacial score (nSPS) is 17.5. The summed E-state index contributed by atoms with van der Waals surface area (Å²) in [5, 5.41) is 3.05. The summed E-state index contributed by atoms with van der Waals surface area (Å²) in [6.07, 6.45) is 4.02. The molecule has 0 bridgehead atoms. The van der Waals surface area contributed by atoms with Gasteiger partial charge in [0, 0.05) is 76.6 Å². The molecule has 4 heterocycles. The second-order valence-electron chi connectivity index (χ2n) is 7.33. The number of hydrogen-bond donors (Lipinski definition) is 1. The van der Waals surface area contributed by atoms with E-state index in [0.29, 0.717) is 32.0 Å². The maximum atomic E-state index is 12.5. The van der Waals surface area contributed by atoms with Crippen LogP contribution in [0.3, 0.4) is 0 Å². The van der Waals surface area contributed by atoms with Crippen LogP contribution in [-0.2, 0) is 4.79 Å². The molecule has 0 saturated carbocycles. The molecule has 2 N–H and O–H groups in total. The van der Waals surface area contributed by atoms with E-state index in [1.165, 1.54) is 0 Å². The summed E-state index contributed by atoms with van der Waals surface area (Å²) in [5.41, 5.74) is 6.17. The van der Waals surface area contributed by atoms with Crippen LogP contribution in [0.25, 0.3) is 0 Å². The van der Waals surface area contributed by atoms with Crippen molar-refractivity contribution >= 4 is 58.1 Å². The highest BCUT2D eigenvalue weighted by Gasteiger charge is 2.22.